The van der Waals surface area contributed by atoms with Crippen LogP contribution in [0.4, 0.5) is 0 Å². The van der Waals surface area contributed by atoms with E-state index in [0.29, 0.717) is 18.7 Å². The van der Waals surface area contributed by atoms with E-state index in [9.17, 15) is 13.2 Å². The van der Waals surface area contributed by atoms with Crippen molar-refractivity contribution < 1.29 is 17.9 Å². The quantitative estimate of drug-likeness (QED) is 0.542. The van der Waals surface area contributed by atoms with Gasteiger partial charge in [0, 0.05) is 6.54 Å². The van der Waals surface area contributed by atoms with Crippen molar-refractivity contribution in [2.75, 3.05) is 13.7 Å². The molecule has 0 spiro atoms. The largest absolute Gasteiger partial charge is 0.497 e. The molecule has 1 atom stereocenters. The van der Waals surface area contributed by atoms with Gasteiger partial charge in [-0.3, -0.25) is 4.79 Å². The second kappa shape index (κ2) is 11.2. The highest BCUT2D eigenvalue weighted by atomic mass is 32.2. The lowest BCUT2D eigenvalue weighted by molar-refractivity contribution is -0.123. The normalized spacial score (nSPS) is 12.8. The van der Waals surface area contributed by atoms with Crippen LogP contribution < -0.4 is 14.8 Å². The van der Waals surface area contributed by atoms with Gasteiger partial charge in [-0.1, -0.05) is 40.0 Å². The minimum Gasteiger partial charge on any atom is -0.497 e. The zero-order chi connectivity index (χ0) is 19.6. The molecule has 0 saturated heterocycles. The molecule has 2 N–H and O–H groups in total. The molecule has 0 aliphatic heterocycles. The van der Waals surface area contributed by atoms with Gasteiger partial charge >= 0.3 is 0 Å². The molecule has 0 aromatic heterocycles. The maximum Gasteiger partial charge on any atom is 0.241 e. The molecule has 1 unspecified atom stereocenters. The number of ether oxygens (including phenoxy) is 1. The van der Waals surface area contributed by atoms with Gasteiger partial charge in [0.25, 0.3) is 0 Å². The average molecular weight is 385 g/mol. The fraction of sp³-hybridized carbons (Fsp3) is 0.632. The second-order valence-electron chi connectivity index (χ2n) is 6.83. The van der Waals surface area contributed by atoms with Crippen molar-refractivity contribution >= 4 is 15.9 Å². The molecule has 1 amide bonds. The van der Waals surface area contributed by atoms with Gasteiger partial charge in [-0.05, 0) is 43.0 Å². The van der Waals surface area contributed by atoms with Gasteiger partial charge in [-0.25, -0.2) is 8.42 Å². The van der Waals surface area contributed by atoms with E-state index in [0.717, 1.165) is 25.7 Å². The molecule has 0 saturated carbocycles. The lowest BCUT2D eigenvalue weighted by atomic mass is 10.0. The first-order valence-electron chi connectivity index (χ1n) is 9.24. The number of carbonyl (C=O) groups excluding carboxylic acids is 1. The number of benzene rings is 1. The summed E-state index contributed by atoms with van der Waals surface area (Å²) in [6, 6.07) is 5.32. The molecule has 0 aliphatic carbocycles. The highest BCUT2D eigenvalue weighted by molar-refractivity contribution is 7.89. The van der Waals surface area contributed by atoms with Gasteiger partial charge in [0.1, 0.15) is 11.8 Å². The van der Waals surface area contributed by atoms with Crippen molar-refractivity contribution in [1.82, 2.24) is 10.0 Å². The van der Waals surface area contributed by atoms with E-state index in [-0.39, 0.29) is 16.7 Å². The highest BCUT2D eigenvalue weighted by Gasteiger charge is 2.26. The molecule has 0 aliphatic rings. The maximum absolute atomic E-state index is 12.6. The van der Waals surface area contributed by atoms with E-state index < -0.39 is 16.1 Å². The smallest absolute Gasteiger partial charge is 0.241 e. The number of amides is 1. The number of hydrogen-bond donors (Lipinski definition) is 2. The number of unbranched alkanes of at least 4 members (excludes halogenated alkanes) is 3. The van der Waals surface area contributed by atoms with Crippen LogP contribution >= 0.6 is 0 Å². The molecule has 1 aromatic carbocycles. The van der Waals surface area contributed by atoms with Gasteiger partial charge in [-0.2, -0.15) is 4.72 Å². The van der Waals surface area contributed by atoms with Crippen LogP contribution in [0.3, 0.4) is 0 Å². The Morgan fingerprint density at radius 1 is 1.12 bits per heavy atom. The predicted octanol–water partition coefficient (Wildman–Crippen LogP) is 3.08. The molecule has 6 nitrogen and oxygen atoms in total. The third kappa shape index (κ3) is 7.74. The number of rotatable bonds is 12. The molecule has 0 fully saturated rings. The molecular weight excluding hydrogens is 352 g/mol. The summed E-state index contributed by atoms with van der Waals surface area (Å²) in [5.41, 5.74) is 0. The minimum atomic E-state index is -3.78. The Labute approximate surface area is 157 Å². The van der Waals surface area contributed by atoms with E-state index in [1.807, 2.05) is 13.8 Å². The summed E-state index contributed by atoms with van der Waals surface area (Å²) in [6.45, 7) is 6.62. The average Bonchev–Trinajstić information content (AvgIpc) is 2.60. The van der Waals surface area contributed by atoms with E-state index in [4.69, 9.17) is 4.74 Å². The fourth-order valence-corrected chi connectivity index (χ4v) is 3.79. The molecule has 0 bridgehead atoms. The first-order valence-corrected chi connectivity index (χ1v) is 10.7. The predicted molar refractivity (Wildman–Crippen MR) is 104 cm³/mol. The van der Waals surface area contributed by atoms with Crippen LogP contribution in [0.15, 0.2) is 29.2 Å². The summed E-state index contributed by atoms with van der Waals surface area (Å²) in [4.78, 5) is 12.6. The highest BCUT2D eigenvalue weighted by Crippen LogP contribution is 2.17. The topological polar surface area (TPSA) is 84.5 Å². The van der Waals surface area contributed by atoms with Crippen LogP contribution in [0.5, 0.6) is 5.75 Å². The van der Waals surface area contributed by atoms with Gasteiger partial charge in [-0.15, -0.1) is 0 Å². The summed E-state index contributed by atoms with van der Waals surface area (Å²) < 4.78 is 32.8. The third-order valence-corrected chi connectivity index (χ3v) is 5.51. The lowest BCUT2D eigenvalue weighted by Crippen LogP contribution is -2.47. The summed E-state index contributed by atoms with van der Waals surface area (Å²) in [5.74, 6) is 0.490. The van der Waals surface area contributed by atoms with E-state index >= 15 is 0 Å². The Morgan fingerprint density at radius 2 is 1.77 bits per heavy atom. The molecule has 148 valence electrons. The molecule has 0 heterocycles. The van der Waals surface area contributed by atoms with Crippen LogP contribution in [-0.2, 0) is 14.8 Å². The van der Waals surface area contributed by atoms with Crippen LogP contribution in [0.2, 0.25) is 0 Å². The fourth-order valence-electron chi connectivity index (χ4n) is 2.58. The molecular formula is C19H32N2O4S. The lowest BCUT2D eigenvalue weighted by Gasteiger charge is -2.20. The van der Waals surface area contributed by atoms with Gasteiger partial charge in [0.05, 0.1) is 12.0 Å². The van der Waals surface area contributed by atoms with Crippen LogP contribution in [0.25, 0.3) is 0 Å². The Morgan fingerprint density at radius 3 is 2.31 bits per heavy atom. The maximum atomic E-state index is 12.6. The first kappa shape index (κ1) is 22.4. The Balaban J connectivity index is 2.76. The molecule has 1 aromatic rings. The van der Waals surface area contributed by atoms with Gasteiger partial charge in [0.2, 0.25) is 15.9 Å². The summed E-state index contributed by atoms with van der Waals surface area (Å²) >= 11 is 0. The molecule has 1 rings (SSSR count). The third-order valence-electron chi connectivity index (χ3n) is 4.02. The summed E-state index contributed by atoms with van der Waals surface area (Å²) in [5, 5.41) is 2.85. The van der Waals surface area contributed by atoms with Gasteiger partial charge in [0.15, 0.2) is 0 Å². The number of carbonyl (C=O) groups is 1. The van der Waals surface area contributed by atoms with Crippen LogP contribution in [0, 0.1) is 5.92 Å². The minimum absolute atomic E-state index is 0.114. The van der Waals surface area contributed by atoms with Crippen molar-refractivity contribution in [3.8, 4) is 5.75 Å². The van der Waals surface area contributed by atoms with Gasteiger partial charge < -0.3 is 10.1 Å². The molecule has 0 radical (unpaired) electrons. The number of nitrogens with one attached hydrogen (secondary N) is 2. The Kier molecular flexibility index (Phi) is 9.65. The second-order valence-corrected chi connectivity index (χ2v) is 8.54. The SMILES string of the molecule is CCCCCCNC(=O)C(CC(C)C)NS(=O)(=O)c1ccc(OC)cc1. The van der Waals surface area contributed by atoms with Crippen molar-refractivity contribution in [3.05, 3.63) is 24.3 Å². The van der Waals surface area contributed by atoms with Crippen molar-refractivity contribution in [2.24, 2.45) is 5.92 Å². The summed E-state index contributed by atoms with van der Waals surface area (Å²) in [6.07, 6.45) is 4.67. The standard InChI is InChI=1S/C19H32N2O4S/c1-5-6-7-8-13-20-19(22)18(14-15(2)3)21-26(23,24)17-11-9-16(25-4)10-12-17/h9-12,15,18,21H,5-8,13-14H2,1-4H3,(H,20,22). The van der Waals surface area contributed by atoms with Crippen LogP contribution in [-0.4, -0.2) is 34.0 Å². The molecule has 7 heteroatoms. The summed E-state index contributed by atoms with van der Waals surface area (Å²) in [7, 11) is -2.26. The zero-order valence-corrected chi connectivity index (χ0v) is 17.1. The monoisotopic (exact) mass is 384 g/mol. The van der Waals surface area contributed by atoms with E-state index in [1.54, 1.807) is 12.1 Å². The number of sulfonamides is 1. The van der Waals surface area contributed by atoms with Crippen LogP contribution in [0.1, 0.15) is 52.9 Å². The number of methoxy groups -OCH3 is 1. The van der Waals surface area contributed by atoms with E-state index in [2.05, 4.69) is 17.0 Å². The Bertz CT molecular complexity index is 642. The molecule has 26 heavy (non-hydrogen) atoms. The van der Waals surface area contributed by atoms with Crippen molar-refractivity contribution in [3.63, 3.8) is 0 Å². The van der Waals surface area contributed by atoms with E-state index in [1.165, 1.54) is 19.2 Å². The van der Waals surface area contributed by atoms with Crippen molar-refractivity contribution in [2.45, 2.75) is 63.8 Å². The Hall–Kier alpha value is -1.60. The first-order chi connectivity index (χ1) is 12.3. The zero-order valence-electron chi connectivity index (χ0n) is 16.2. The van der Waals surface area contributed by atoms with Crippen molar-refractivity contribution in [1.29, 1.82) is 0 Å². The number of hydrogen-bond acceptors (Lipinski definition) is 4.